The van der Waals surface area contributed by atoms with E-state index in [0.29, 0.717) is 10.6 Å². The number of carboxylic acid groups (broad SMARTS) is 1. The predicted molar refractivity (Wildman–Crippen MR) is 61.6 cm³/mol. The maximum absolute atomic E-state index is 10.9. The van der Waals surface area contributed by atoms with Crippen molar-refractivity contribution in [2.24, 2.45) is 0 Å². The molecule has 0 bridgehead atoms. The Morgan fingerprint density at radius 1 is 1.56 bits per heavy atom. The molecule has 0 aromatic carbocycles. The number of hydrogen-bond donors (Lipinski definition) is 1. The average molecular weight is 261 g/mol. The van der Waals surface area contributed by atoms with E-state index in [9.17, 15) is 13.2 Å². The summed E-state index contributed by atoms with van der Waals surface area (Å²) in [5, 5.41) is 8.83. The average Bonchev–Trinajstić information content (AvgIpc) is 2.16. The first-order valence-electron chi connectivity index (χ1n) is 4.39. The molecule has 0 amide bonds. The second kappa shape index (κ2) is 5.31. The van der Waals surface area contributed by atoms with E-state index in [0.717, 1.165) is 6.26 Å². The summed E-state index contributed by atoms with van der Waals surface area (Å²) in [4.78, 5) is 15.0. The van der Waals surface area contributed by atoms with Gasteiger partial charge in [-0.25, -0.2) is 18.2 Å². The molecule has 1 N–H and O–H groups in total. The van der Waals surface area contributed by atoms with Crippen molar-refractivity contribution in [2.75, 3.05) is 17.8 Å². The SMILES string of the molecule is CS(=O)(=O)CCSc1cccnc1C(=O)O. The van der Waals surface area contributed by atoms with Gasteiger partial charge in [0.2, 0.25) is 0 Å². The minimum absolute atomic E-state index is 0.0195. The molecular weight excluding hydrogens is 250 g/mol. The van der Waals surface area contributed by atoms with Crippen LogP contribution in [0.4, 0.5) is 0 Å². The summed E-state index contributed by atoms with van der Waals surface area (Å²) in [6.45, 7) is 0. The van der Waals surface area contributed by atoms with Crippen molar-refractivity contribution in [1.82, 2.24) is 4.98 Å². The van der Waals surface area contributed by atoms with Gasteiger partial charge in [-0.15, -0.1) is 11.8 Å². The minimum Gasteiger partial charge on any atom is -0.476 e. The fourth-order valence-corrected chi connectivity index (χ4v) is 3.19. The summed E-state index contributed by atoms with van der Waals surface area (Å²) in [5.74, 6) is -0.765. The van der Waals surface area contributed by atoms with Crippen LogP contribution in [0.3, 0.4) is 0 Å². The Kier molecular flexibility index (Phi) is 4.31. The Hall–Kier alpha value is -1.08. The van der Waals surface area contributed by atoms with Gasteiger partial charge in [-0.1, -0.05) is 0 Å². The number of pyridine rings is 1. The van der Waals surface area contributed by atoms with Crippen molar-refractivity contribution in [3.8, 4) is 0 Å². The van der Waals surface area contributed by atoms with E-state index >= 15 is 0 Å². The predicted octanol–water partition coefficient (Wildman–Crippen LogP) is 0.917. The third-order valence-electron chi connectivity index (χ3n) is 1.68. The number of sulfone groups is 1. The monoisotopic (exact) mass is 261 g/mol. The maximum atomic E-state index is 10.9. The molecule has 16 heavy (non-hydrogen) atoms. The Labute approximate surface area is 97.8 Å². The standard InChI is InChI=1S/C9H11NO4S2/c1-16(13,14)6-5-15-7-3-2-4-10-8(7)9(11)12/h2-4H,5-6H2,1H3,(H,11,12). The third kappa shape index (κ3) is 4.19. The number of carbonyl (C=O) groups is 1. The Bertz CT molecular complexity index is 484. The molecule has 1 aromatic heterocycles. The van der Waals surface area contributed by atoms with Gasteiger partial charge in [0, 0.05) is 23.1 Å². The van der Waals surface area contributed by atoms with Crippen LogP contribution < -0.4 is 0 Å². The lowest BCUT2D eigenvalue weighted by Crippen LogP contribution is -2.06. The minimum atomic E-state index is -3.02. The highest BCUT2D eigenvalue weighted by atomic mass is 32.2. The van der Waals surface area contributed by atoms with Crippen LogP contribution in [-0.2, 0) is 9.84 Å². The van der Waals surface area contributed by atoms with Crippen LogP contribution in [-0.4, -0.2) is 42.2 Å². The van der Waals surface area contributed by atoms with Gasteiger partial charge in [-0.2, -0.15) is 0 Å². The van der Waals surface area contributed by atoms with E-state index in [1.54, 1.807) is 12.1 Å². The van der Waals surface area contributed by atoms with Gasteiger partial charge in [-0.05, 0) is 12.1 Å². The van der Waals surface area contributed by atoms with Gasteiger partial charge < -0.3 is 5.11 Å². The number of aromatic carboxylic acids is 1. The van der Waals surface area contributed by atoms with E-state index in [1.165, 1.54) is 18.0 Å². The topological polar surface area (TPSA) is 84.3 Å². The highest BCUT2D eigenvalue weighted by Crippen LogP contribution is 2.20. The second-order valence-corrected chi connectivity index (χ2v) is 6.53. The molecule has 0 radical (unpaired) electrons. The zero-order valence-electron chi connectivity index (χ0n) is 8.58. The molecule has 5 nitrogen and oxygen atoms in total. The molecule has 0 fully saturated rings. The second-order valence-electron chi connectivity index (χ2n) is 3.13. The summed E-state index contributed by atoms with van der Waals surface area (Å²) in [6.07, 6.45) is 2.54. The van der Waals surface area contributed by atoms with Crippen LogP contribution in [0.15, 0.2) is 23.2 Å². The zero-order valence-corrected chi connectivity index (χ0v) is 10.2. The van der Waals surface area contributed by atoms with Crippen molar-refractivity contribution >= 4 is 27.6 Å². The van der Waals surface area contributed by atoms with Crippen LogP contribution in [0.1, 0.15) is 10.5 Å². The Balaban J connectivity index is 2.71. The van der Waals surface area contributed by atoms with Crippen molar-refractivity contribution < 1.29 is 18.3 Å². The molecule has 1 heterocycles. The maximum Gasteiger partial charge on any atom is 0.355 e. The first-order valence-corrected chi connectivity index (χ1v) is 7.43. The lowest BCUT2D eigenvalue weighted by atomic mass is 10.3. The Morgan fingerprint density at radius 3 is 2.81 bits per heavy atom. The molecule has 0 saturated heterocycles. The molecule has 0 aliphatic rings. The molecule has 0 unspecified atom stereocenters. The lowest BCUT2D eigenvalue weighted by Gasteiger charge is -2.03. The number of rotatable bonds is 5. The first-order chi connectivity index (χ1) is 7.40. The molecule has 0 spiro atoms. The summed E-state index contributed by atoms with van der Waals surface area (Å²) < 4.78 is 21.8. The number of nitrogens with zero attached hydrogens (tertiary/aromatic N) is 1. The van der Waals surface area contributed by atoms with E-state index < -0.39 is 15.8 Å². The van der Waals surface area contributed by atoms with Gasteiger partial charge in [0.15, 0.2) is 5.69 Å². The van der Waals surface area contributed by atoms with Gasteiger partial charge >= 0.3 is 5.97 Å². The number of hydrogen-bond acceptors (Lipinski definition) is 5. The fourth-order valence-electron chi connectivity index (χ4n) is 0.971. The summed E-state index contributed by atoms with van der Waals surface area (Å²) >= 11 is 1.18. The van der Waals surface area contributed by atoms with Crippen LogP contribution in [0.5, 0.6) is 0 Å². The quantitative estimate of drug-likeness (QED) is 0.793. The van der Waals surface area contributed by atoms with Gasteiger partial charge in [0.25, 0.3) is 0 Å². The molecule has 88 valence electrons. The molecule has 7 heteroatoms. The van der Waals surface area contributed by atoms with E-state index in [2.05, 4.69) is 4.98 Å². The van der Waals surface area contributed by atoms with Gasteiger partial charge in [0.1, 0.15) is 9.84 Å². The van der Waals surface area contributed by atoms with E-state index in [-0.39, 0.29) is 11.4 Å². The highest BCUT2D eigenvalue weighted by molar-refractivity contribution is 8.00. The third-order valence-corrected chi connectivity index (χ3v) is 3.94. The molecule has 0 aliphatic carbocycles. The zero-order chi connectivity index (χ0) is 12.2. The summed E-state index contributed by atoms with van der Waals surface area (Å²) in [7, 11) is -3.02. The normalized spacial score (nSPS) is 11.3. The molecular formula is C9H11NO4S2. The summed E-state index contributed by atoms with van der Waals surface area (Å²) in [6, 6.07) is 3.23. The smallest absolute Gasteiger partial charge is 0.355 e. The van der Waals surface area contributed by atoms with Gasteiger partial charge in [0.05, 0.1) is 5.75 Å². The number of carboxylic acids is 1. The molecule has 0 saturated carbocycles. The van der Waals surface area contributed by atoms with Crippen molar-refractivity contribution in [1.29, 1.82) is 0 Å². The van der Waals surface area contributed by atoms with Crippen molar-refractivity contribution in [3.05, 3.63) is 24.0 Å². The van der Waals surface area contributed by atoms with Crippen LogP contribution in [0, 0.1) is 0 Å². The molecule has 0 aliphatic heterocycles. The molecule has 1 aromatic rings. The largest absolute Gasteiger partial charge is 0.476 e. The van der Waals surface area contributed by atoms with Gasteiger partial charge in [-0.3, -0.25) is 0 Å². The van der Waals surface area contributed by atoms with Crippen LogP contribution >= 0.6 is 11.8 Å². The van der Waals surface area contributed by atoms with Crippen molar-refractivity contribution in [2.45, 2.75) is 4.90 Å². The summed E-state index contributed by atoms with van der Waals surface area (Å²) in [5.41, 5.74) is -0.0407. The Morgan fingerprint density at radius 2 is 2.25 bits per heavy atom. The fraction of sp³-hybridized carbons (Fsp3) is 0.333. The lowest BCUT2D eigenvalue weighted by molar-refractivity contribution is 0.0686. The van der Waals surface area contributed by atoms with E-state index in [4.69, 9.17) is 5.11 Å². The first kappa shape index (κ1) is 13.0. The molecule has 0 atom stereocenters. The van der Waals surface area contributed by atoms with Crippen molar-refractivity contribution in [3.63, 3.8) is 0 Å². The van der Waals surface area contributed by atoms with Crippen LogP contribution in [0.25, 0.3) is 0 Å². The van der Waals surface area contributed by atoms with E-state index in [1.807, 2.05) is 0 Å². The number of thioether (sulfide) groups is 1. The molecule has 1 rings (SSSR count). The van der Waals surface area contributed by atoms with Crippen LogP contribution in [0.2, 0.25) is 0 Å². The highest BCUT2D eigenvalue weighted by Gasteiger charge is 2.12. The number of aromatic nitrogens is 1.